The first kappa shape index (κ1) is 13.3. The zero-order chi connectivity index (χ0) is 12.7. The molecule has 2 atom stereocenters. The summed E-state index contributed by atoms with van der Waals surface area (Å²) >= 11 is 0. The molecular weight excluding hydrogens is 266 g/mol. The summed E-state index contributed by atoms with van der Waals surface area (Å²) in [5.74, 6) is -0.104. The highest BCUT2D eigenvalue weighted by Gasteiger charge is 2.47. The number of hydrogen-bond acceptors (Lipinski definition) is 5. The van der Waals surface area contributed by atoms with Gasteiger partial charge in [0.05, 0.1) is 36.0 Å². The van der Waals surface area contributed by atoms with Crippen LogP contribution in [0.15, 0.2) is 0 Å². The number of sulfone groups is 1. The maximum Gasteiger partial charge on any atom is 0.214 e. The molecule has 0 aromatic carbocycles. The molecule has 2 heterocycles. The fourth-order valence-corrected chi connectivity index (χ4v) is 6.10. The molecule has 17 heavy (non-hydrogen) atoms. The van der Waals surface area contributed by atoms with Gasteiger partial charge in [0.2, 0.25) is 10.0 Å². The largest absolute Gasteiger partial charge is 0.374 e. The Kier molecular flexibility index (Phi) is 3.50. The quantitative estimate of drug-likeness (QED) is 0.679. The van der Waals surface area contributed by atoms with Crippen LogP contribution in [0, 0.1) is 0 Å². The molecule has 8 heteroatoms. The summed E-state index contributed by atoms with van der Waals surface area (Å²) in [6, 6.07) is -0.523. The third kappa shape index (κ3) is 2.64. The molecule has 100 valence electrons. The van der Waals surface area contributed by atoms with E-state index in [1.807, 2.05) is 0 Å². The summed E-state index contributed by atoms with van der Waals surface area (Å²) in [7, 11) is -6.52. The summed E-state index contributed by atoms with van der Waals surface area (Å²) in [5, 5.41) is 0. The fraction of sp³-hybridized carbons (Fsp3) is 1.00. The maximum atomic E-state index is 12.0. The lowest BCUT2D eigenvalue weighted by Gasteiger charge is -2.35. The first-order valence-electron chi connectivity index (χ1n) is 5.67. The highest BCUT2D eigenvalue weighted by Crippen LogP contribution is 2.27. The van der Waals surface area contributed by atoms with Gasteiger partial charge in [-0.2, -0.15) is 4.31 Å². The van der Waals surface area contributed by atoms with Gasteiger partial charge in [0, 0.05) is 6.54 Å². The summed E-state index contributed by atoms with van der Waals surface area (Å²) < 4.78 is 53.8. The molecule has 2 unspecified atom stereocenters. The molecule has 2 saturated heterocycles. The molecule has 6 nitrogen and oxygen atoms in total. The standard InChI is InChI=1S/C9H17NO5S2/c1-2-5-17(13,14)10-3-4-15-9-7-16(11,12)6-8(9)10/h8-9H,2-7H2,1H3. The van der Waals surface area contributed by atoms with Gasteiger partial charge in [-0.25, -0.2) is 16.8 Å². The van der Waals surface area contributed by atoms with E-state index in [1.165, 1.54) is 4.31 Å². The molecule has 2 rings (SSSR count). The van der Waals surface area contributed by atoms with Gasteiger partial charge in [0.25, 0.3) is 0 Å². The van der Waals surface area contributed by atoms with Gasteiger partial charge in [-0.05, 0) is 6.42 Å². The van der Waals surface area contributed by atoms with Gasteiger partial charge in [-0.1, -0.05) is 6.92 Å². The van der Waals surface area contributed by atoms with Crippen molar-refractivity contribution < 1.29 is 21.6 Å². The van der Waals surface area contributed by atoms with Crippen molar-refractivity contribution in [3.05, 3.63) is 0 Å². The van der Waals surface area contributed by atoms with Crippen LogP contribution in [0.3, 0.4) is 0 Å². The van der Waals surface area contributed by atoms with Crippen LogP contribution in [0.25, 0.3) is 0 Å². The van der Waals surface area contributed by atoms with Crippen LogP contribution < -0.4 is 0 Å². The highest BCUT2D eigenvalue weighted by atomic mass is 32.2. The smallest absolute Gasteiger partial charge is 0.214 e. The summed E-state index contributed by atoms with van der Waals surface area (Å²) in [6.07, 6.45) is 0.0458. The normalized spacial score (nSPS) is 33.5. The Morgan fingerprint density at radius 1 is 1.35 bits per heavy atom. The SMILES string of the molecule is CCCS(=O)(=O)N1CCOC2CS(=O)(=O)CC21. The lowest BCUT2D eigenvalue weighted by Crippen LogP contribution is -2.53. The van der Waals surface area contributed by atoms with Crippen LogP contribution in [-0.2, 0) is 24.6 Å². The van der Waals surface area contributed by atoms with E-state index in [1.54, 1.807) is 6.92 Å². The second kappa shape index (κ2) is 4.49. The number of nitrogens with zero attached hydrogens (tertiary/aromatic N) is 1. The first-order chi connectivity index (χ1) is 7.86. The van der Waals surface area contributed by atoms with E-state index in [-0.39, 0.29) is 30.4 Å². The van der Waals surface area contributed by atoms with E-state index >= 15 is 0 Å². The molecule has 0 N–H and O–H groups in total. The average molecular weight is 283 g/mol. The zero-order valence-corrected chi connectivity index (χ0v) is 11.3. The van der Waals surface area contributed by atoms with Crippen LogP contribution in [0.1, 0.15) is 13.3 Å². The average Bonchev–Trinajstić information content (AvgIpc) is 2.50. The van der Waals surface area contributed by atoms with Gasteiger partial charge in [0.1, 0.15) is 0 Å². The Balaban J connectivity index is 2.25. The van der Waals surface area contributed by atoms with Crippen LogP contribution in [0.4, 0.5) is 0 Å². The molecule has 2 aliphatic rings. The van der Waals surface area contributed by atoms with Crippen LogP contribution in [-0.4, -0.2) is 63.7 Å². The van der Waals surface area contributed by atoms with E-state index in [9.17, 15) is 16.8 Å². The van der Waals surface area contributed by atoms with Crippen LogP contribution in [0.5, 0.6) is 0 Å². The second-order valence-corrected chi connectivity index (χ2v) is 8.68. The van der Waals surface area contributed by atoms with Crippen LogP contribution in [0.2, 0.25) is 0 Å². The topological polar surface area (TPSA) is 80.8 Å². The summed E-state index contributed by atoms with van der Waals surface area (Å²) in [4.78, 5) is 0. The zero-order valence-electron chi connectivity index (χ0n) is 9.70. The molecule has 2 aliphatic heterocycles. The fourth-order valence-electron chi connectivity index (χ4n) is 2.41. The van der Waals surface area contributed by atoms with Gasteiger partial charge in [-0.15, -0.1) is 0 Å². The van der Waals surface area contributed by atoms with Crippen molar-refractivity contribution >= 4 is 19.9 Å². The van der Waals surface area contributed by atoms with E-state index < -0.39 is 32.0 Å². The number of fused-ring (bicyclic) bond motifs is 1. The van der Waals surface area contributed by atoms with Crippen molar-refractivity contribution in [2.24, 2.45) is 0 Å². The van der Waals surface area contributed by atoms with E-state index in [0.717, 1.165) is 0 Å². The van der Waals surface area contributed by atoms with Gasteiger partial charge >= 0.3 is 0 Å². The van der Waals surface area contributed by atoms with Gasteiger partial charge < -0.3 is 4.74 Å². The number of sulfonamides is 1. The molecule has 2 fully saturated rings. The third-order valence-corrected chi connectivity index (χ3v) is 6.88. The molecule has 0 amide bonds. The van der Waals surface area contributed by atoms with Crippen LogP contribution >= 0.6 is 0 Å². The minimum atomic E-state index is -3.35. The number of morpholine rings is 1. The van der Waals surface area contributed by atoms with E-state index in [2.05, 4.69) is 0 Å². The Labute approximate surface area is 102 Å². The highest BCUT2D eigenvalue weighted by molar-refractivity contribution is 7.92. The molecule has 0 aromatic rings. The maximum absolute atomic E-state index is 12.0. The van der Waals surface area contributed by atoms with Gasteiger partial charge in [-0.3, -0.25) is 0 Å². The van der Waals surface area contributed by atoms with E-state index in [0.29, 0.717) is 6.42 Å². The Hall–Kier alpha value is -0.180. The molecule has 0 bridgehead atoms. The van der Waals surface area contributed by atoms with E-state index in [4.69, 9.17) is 4.74 Å². The van der Waals surface area contributed by atoms with Crippen molar-refractivity contribution in [2.45, 2.75) is 25.5 Å². The molecule has 0 aromatic heterocycles. The van der Waals surface area contributed by atoms with Crippen molar-refractivity contribution in [1.29, 1.82) is 0 Å². The minimum Gasteiger partial charge on any atom is -0.374 e. The number of ether oxygens (including phenoxy) is 1. The number of rotatable bonds is 3. The van der Waals surface area contributed by atoms with Crippen molar-refractivity contribution in [3.63, 3.8) is 0 Å². The first-order valence-corrected chi connectivity index (χ1v) is 9.10. The molecule has 0 spiro atoms. The molecular formula is C9H17NO5S2. The minimum absolute atomic E-state index is 0.0597. The lowest BCUT2D eigenvalue weighted by atomic mass is 10.2. The third-order valence-electron chi connectivity index (χ3n) is 3.10. The monoisotopic (exact) mass is 283 g/mol. The summed E-state index contributed by atoms with van der Waals surface area (Å²) in [5.41, 5.74) is 0. The second-order valence-electron chi connectivity index (χ2n) is 4.48. The van der Waals surface area contributed by atoms with Crippen molar-refractivity contribution in [2.75, 3.05) is 30.4 Å². The van der Waals surface area contributed by atoms with Crippen molar-refractivity contribution in [1.82, 2.24) is 4.31 Å². The number of hydrogen-bond donors (Lipinski definition) is 0. The van der Waals surface area contributed by atoms with Crippen molar-refractivity contribution in [3.8, 4) is 0 Å². The predicted octanol–water partition coefficient (Wildman–Crippen LogP) is -0.776. The Morgan fingerprint density at radius 2 is 2.06 bits per heavy atom. The predicted molar refractivity (Wildman–Crippen MR) is 63.0 cm³/mol. The lowest BCUT2D eigenvalue weighted by molar-refractivity contribution is -0.0141. The molecule has 0 saturated carbocycles. The van der Waals surface area contributed by atoms with Gasteiger partial charge in [0.15, 0.2) is 9.84 Å². The Bertz CT molecular complexity index is 484. The molecule has 0 aliphatic carbocycles. The summed E-state index contributed by atoms with van der Waals surface area (Å²) in [6.45, 7) is 2.33. The Morgan fingerprint density at radius 3 is 2.71 bits per heavy atom. The molecule has 0 radical (unpaired) electrons.